The van der Waals surface area contributed by atoms with Crippen LogP contribution in [0.25, 0.3) is 0 Å². The molecule has 23 heavy (non-hydrogen) atoms. The Bertz CT molecular complexity index is 755. The number of nitrogens with two attached hydrogens (primary N) is 1. The molecule has 0 unspecified atom stereocenters. The van der Waals surface area contributed by atoms with Crippen LogP contribution in [-0.4, -0.2) is 21.6 Å². The summed E-state index contributed by atoms with van der Waals surface area (Å²) in [5.74, 6) is -1.24. The number of hydrogen-bond donors (Lipinski definition) is 2. The van der Waals surface area contributed by atoms with Crippen LogP contribution in [-0.2, 0) is 11.3 Å². The van der Waals surface area contributed by atoms with Crippen LogP contribution in [0, 0.1) is 0 Å². The molecule has 0 radical (unpaired) electrons. The van der Waals surface area contributed by atoms with E-state index in [2.05, 4.69) is 10.4 Å². The number of hydrogen-bond acceptors (Lipinski definition) is 4. The predicted molar refractivity (Wildman–Crippen MR) is 84.6 cm³/mol. The van der Waals surface area contributed by atoms with Crippen LogP contribution in [0.5, 0.6) is 0 Å². The number of benzene rings is 1. The Balaban J connectivity index is 2.24. The van der Waals surface area contributed by atoms with E-state index in [0.717, 1.165) is 0 Å². The summed E-state index contributed by atoms with van der Waals surface area (Å²) in [4.78, 5) is 35.6. The van der Waals surface area contributed by atoms with Crippen LogP contribution in [0.4, 0.5) is 0 Å². The Morgan fingerprint density at radius 2 is 1.91 bits per heavy atom. The molecule has 0 fully saturated rings. The Morgan fingerprint density at radius 1 is 1.22 bits per heavy atom. The van der Waals surface area contributed by atoms with Gasteiger partial charge in [0.05, 0.1) is 0 Å². The van der Waals surface area contributed by atoms with Gasteiger partial charge in [-0.2, -0.15) is 5.10 Å². The van der Waals surface area contributed by atoms with Gasteiger partial charge in [0, 0.05) is 12.6 Å². The summed E-state index contributed by atoms with van der Waals surface area (Å²) in [5, 5.41) is 6.55. The van der Waals surface area contributed by atoms with Crippen molar-refractivity contribution >= 4 is 11.8 Å². The van der Waals surface area contributed by atoms with E-state index < -0.39 is 17.9 Å². The Labute approximate surface area is 133 Å². The van der Waals surface area contributed by atoms with E-state index in [1.165, 1.54) is 16.8 Å². The van der Waals surface area contributed by atoms with Crippen LogP contribution in [0.15, 0.2) is 47.3 Å². The van der Waals surface area contributed by atoms with E-state index in [1.54, 1.807) is 30.3 Å². The van der Waals surface area contributed by atoms with Crippen LogP contribution >= 0.6 is 0 Å². The standard InChI is InChI=1S/C16H18N4O3/c1-2-10-20-13(21)9-8-12(19-20)16(23)18-14(15(17)22)11-6-4-3-5-7-11/h3-9,14H,2,10H2,1H3,(H2,17,22)(H,18,23)/t14-/m0/s1. The minimum absolute atomic E-state index is 0.0558. The van der Waals surface area contributed by atoms with Crippen LogP contribution < -0.4 is 16.6 Å². The molecule has 2 amide bonds. The molecule has 7 heteroatoms. The number of carbonyl (C=O) groups is 2. The molecule has 1 atom stereocenters. The zero-order valence-corrected chi connectivity index (χ0v) is 12.7. The zero-order chi connectivity index (χ0) is 16.8. The van der Waals surface area contributed by atoms with Crippen molar-refractivity contribution in [2.24, 2.45) is 5.73 Å². The molecule has 120 valence electrons. The summed E-state index contributed by atoms with van der Waals surface area (Å²) in [5.41, 5.74) is 5.72. The molecule has 0 aliphatic carbocycles. The fraction of sp³-hybridized carbons (Fsp3) is 0.250. The monoisotopic (exact) mass is 314 g/mol. The molecule has 0 bridgehead atoms. The van der Waals surface area contributed by atoms with Crippen LogP contribution in [0.3, 0.4) is 0 Å². The van der Waals surface area contributed by atoms with Crippen molar-refractivity contribution in [1.29, 1.82) is 0 Å². The van der Waals surface area contributed by atoms with Gasteiger partial charge in [0.25, 0.3) is 11.5 Å². The van der Waals surface area contributed by atoms with E-state index in [4.69, 9.17) is 5.73 Å². The van der Waals surface area contributed by atoms with Gasteiger partial charge >= 0.3 is 0 Å². The number of aromatic nitrogens is 2. The molecule has 2 rings (SSSR count). The third kappa shape index (κ3) is 4.03. The fourth-order valence-electron chi connectivity index (χ4n) is 2.11. The number of amides is 2. The summed E-state index contributed by atoms with van der Waals surface area (Å²) in [6.45, 7) is 2.32. The highest BCUT2D eigenvalue weighted by Crippen LogP contribution is 2.12. The lowest BCUT2D eigenvalue weighted by Gasteiger charge is -2.15. The van der Waals surface area contributed by atoms with Gasteiger partial charge in [-0.3, -0.25) is 14.4 Å². The Morgan fingerprint density at radius 3 is 2.52 bits per heavy atom. The van der Waals surface area contributed by atoms with E-state index in [9.17, 15) is 14.4 Å². The van der Waals surface area contributed by atoms with Crippen molar-refractivity contribution < 1.29 is 9.59 Å². The molecule has 2 aromatic rings. The number of nitrogens with one attached hydrogen (secondary N) is 1. The van der Waals surface area contributed by atoms with E-state index in [-0.39, 0.29) is 11.3 Å². The summed E-state index contributed by atoms with van der Waals surface area (Å²) in [6, 6.07) is 10.3. The molecule has 0 spiro atoms. The van der Waals surface area contributed by atoms with Gasteiger partial charge in [-0.1, -0.05) is 37.3 Å². The summed E-state index contributed by atoms with van der Waals surface area (Å²) in [6.07, 6.45) is 0.714. The van der Waals surface area contributed by atoms with Gasteiger partial charge < -0.3 is 11.1 Å². The number of carbonyl (C=O) groups excluding carboxylic acids is 2. The summed E-state index contributed by atoms with van der Waals surface area (Å²) >= 11 is 0. The molecule has 3 N–H and O–H groups in total. The lowest BCUT2D eigenvalue weighted by atomic mass is 10.1. The minimum Gasteiger partial charge on any atom is -0.368 e. The van der Waals surface area contributed by atoms with E-state index >= 15 is 0 Å². The Hall–Kier alpha value is -2.96. The molecule has 1 heterocycles. The predicted octanol–water partition coefficient (Wildman–Crippen LogP) is 0.610. The van der Waals surface area contributed by atoms with Crippen molar-refractivity contribution in [3.8, 4) is 0 Å². The largest absolute Gasteiger partial charge is 0.368 e. The smallest absolute Gasteiger partial charge is 0.272 e. The van der Waals surface area contributed by atoms with Gasteiger partial charge in [-0.15, -0.1) is 0 Å². The molecule has 7 nitrogen and oxygen atoms in total. The quantitative estimate of drug-likeness (QED) is 0.814. The molecular formula is C16H18N4O3. The maximum absolute atomic E-state index is 12.3. The number of primary amides is 1. The molecular weight excluding hydrogens is 296 g/mol. The van der Waals surface area contributed by atoms with Gasteiger partial charge in [0.15, 0.2) is 0 Å². The SMILES string of the molecule is CCCn1nc(C(=O)N[C@H](C(N)=O)c2ccccc2)ccc1=O. The van der Waals surface area contributed by atoms with Crippen molar-refractivity contribution in [3.63, 3.8) is 0 Å². The Kier molecular flexibility index (Phi) is 5.24. The molecule has 1 aromatic heterocycles. The first-order chi connectivity index (χ1) is 11.0. The van der Waals surface area contributed by atoms with Gasteiger partial charge in [-0.05, 0) is 18.1 Å². The van der Waals surface area contributed by atoms with Crippen molar-refractivity contribution in [1.82, 2.24) is 15.1 Å². The maximum atomic E-state index is 12.3. The molecule has 0 aliphatic rings. The van der Waals surface area contributed by atoms with Crippen LogP contribution in [0.1, 0.15) is 35.4 Å². The first-order valence-corrected chi connectivity index (χ1v) is 7.26. The highest BCUT2D eigenvalue weighted by molar-refractivity contribution is 5.96. The minimum atomic E-state index is -0.961. The number of nitrogens with zero attached hydrogens (tertiary/aromatic N) is 2. The second kappa shape index (κ2) is 7.35. The van der Waals surface area contributed by atoms with Gasteiger partial charge in [0.2, 0.25) is 5.91 Å². The lowest BCUT2D eigenvalue weighted by Crippen LogP contribution is -2.38. The average Bonchev–Trinajstić information content (AvgIpc) is 2.55. The van der Waals surface area contributed by atoms with E-state index in [0.29, 0.717) is 18.5 Å². The van der Waals surface area contributed by atoms with Crippen molar-refractivity contribution in [2.75, 3.05) is 0 Å². The normalized spacial score (nSPS) is 11.7. The maximum Gasteiger partial charge on any atom is 0.272 e. The molecule has 0 saturated heterocycles. The third-order valence-electron chi connectivity index (χ3n) is 3.23. The lowest BCUT2D eigenvalue weighted by molar-refractivity contribution is -0.120. The fourth-order valence-corrected chi connectivity index (χ4v) is 2.11. The topological polar surface area (TPSA) is 107 Å². The molecule has 0 saturated carbocycles. The zero-order valence-electron chi connectivity index (χ0n) is 12.7. The van der Waals surface area contributed by atoms with Gasteiger partial charge in [-0.25, -0.2) is 4.68 Å². The second-order valence-electron chi connectivity index (χ2n) is 5.00. The second-order valence-corrected chi connectivity index (χ2v) is 5.00. The third-order valence-corrected chi connectivity index (χ3v) is 3.23. The van der Waals surface area contributed by atoms with Crippen LogP contribution in [0.2, 0.25) is 0 Å². The molecule has 1 aromatic carbocycles. The first-order valence-electron chi connectivity index (χ1n) is 7.26. The summed E-state index contributed by atoms with van der Waals surface area (Å²) in [7, 11) is 0. The van der Waals surface area contributed by atoms with Gasteiger partial charge in [0.1, 0.15) is 11.7 Å². The number of rotatable bonds is 6. The average molecular weight is 314 g/mol. The highest BCUT2D eigenvalue weighted by Gasteiger charge is 2.21. The van der Waals surface area contributed by atoms with Crippen molar-refractivity contribution in [2.45, 2.75) is 25.9 Å². The summed E-state index contributed by atoms with van der Waals surface area (Å²) < 4.78 is 1.22. The van der Waals surface area contributed by atoms with E-state index in [1.807, 2.05) is 6.92 Å². The molecule has 0 aliphatic heterocycles. The first kappa shape index (κ1) is 16.4. The number of aryl methyl sites for hydroxylation is 1. The highest BCUT2D eigenvalue weighted by atomic mass is 16.2. The van der Waals surface area contributed by atoms with Crippen molar-refractivity contribution in [3.05, 3.63) is 64.1 Å².